The van der Waals surface area contributed by atoms with Crippen molar-refractivity contribution in [3.8, 4) is 11.4 Å². The molecule has 13 nitrogen and oxygen atoms in total. The van der Waals surface area contributed by atoms with Gasteiger partial charge in [0.15, 0.2) is 0 Å². The fourth-order valence-corrected chi connectivity index (χ4v) is 7.44. The summed E-state index contributed by atoms with van der Waals surface area (Å²) < 4.78 is 77.1. The molecule has 0 radical (unpaired) electrons. The summed E-state index contributed by atoms with van der Waals surface area (Å²) >= 11 is 0. The van der Waals surface area contributed by atoms with Crippen LogP contribution in [0.4, 0.5) is 18.9 Å². The summed E-state index contributed by atoms with van der Waals surface area (Å²) in [4.78, 5) is 44.2. The number of rotatable bonds is 11. The molecule has 0 spiro atoms. The van der Waals surface area contributed by atoms with Gasteiger partial charge >= 0.3 is 0 Å². The van der Waals surface area contributed by atoms with Gasteiger partial charge in [-0.05, 0) is 66.2 Å². The van der Waals surface area contributed by atoms with Gasteiger partial charge in [-0.2, -0.15) is 4.31 Å². The van der Waals surface area contributed by atoms with E-state index >= 15 is 0 Å². The Labute approximate surface area is 295 Å². The number of carbonyl (C=O) groups is 1. The predicted molar refractivity (Wildman–Crippen MR) is 183 cm³/mol. The first-order valence-electron chi connectivity index (χ1n) is 15.9. The Morgan fingerprint density at radius 3 is 2.19 bits per heavy atom. The molecule has 17 heteroatoms. The van der Waals surface area contributed by atoms with E-state index in [-0.39, 0.29) is 72.0 Å². The minimum atomic E-state index is -3.97. The smallest absolute Gasteiger partial charge is 0.269 e. The minimum Gasteiger partial charge on any atom is -0.497 e. The van der Waals surface area contributed by atoms with Crippen LogP contribution in [0.15, 0.2) is 94.6 Å². The Bertz CT molecular complexity index is 2300. The average Bonchev–Trinajstić information content (AvgIpc) is 3.11. The number of aromatic nitrogens is 2. The number of fused-ring (bicyclic) bond motifs is 1. The second-order valence-corrected chi connectivity index (χ2v) is 13.9. The number of benzene rings is 4. The van der Waals surface area contributed by atoms with E-state index in [4.69, 9.17) is 4.74 Å². The van der Waals surface area contributed by atoms with Crippen molar-refractivity contribution in [1.29, 1.82) is 0 Å². The molecule has 52 heavy (non-hydrogen) atoms. The number of nitrogens with zero attached hydrogens (tertiary/aromatic N) is 5. The molecule has 1 N–H and O–H groups in total. The number of nitro benzene ring substituents is 1. The Hall–Kier alpha value is -5.65. The SMILES string of the molecule is COc1ccc(-n2c([C@H](Cc3cc(F)cc(F)c3)NC(=O)CN3CCN(S(=O)(=O)c4ccc([N+](=O)[O-])cc4)CC3)nc3cc(F)ccc3c2=O)cc1. The van der Waals surface area contributed by atoms with E-state index in [1.807, 2.05) is 0 Å². The molecule has 2 heterocycles. The summed E-state index contributed by atoms with van der Waals surface area (Å²) in [6.07, 6.45) is -0.217. The average molecular weight is 737 g/mol. The van der Waals surface area contributed by atoms with Crippen LogP contribution < -0.4 is 15.6 Å². The Balaban J connectivity index is 1.29. The molecule has 1 aliphatic rings. The lowest BCUT2D eigenvalue weighted by molar-refractivity contribution is -0.384. The fourth-order valence-electron chi connectivity index (χ4n) is 6.02. The maximum Gasteiger partial charge on any atom is 0.269 e. The van der Waals surface area contributed by atoms with Crippen LogP contribution in [-0.2, 0) is 21.2 Å². The predicted octanol–water partition coefficient (Wildman–Crippen LogP) is 4.13. The lowest BCUT2D eigenvalue weighted by Crippen LogP contribution is -2.51. The van der Waals surface area contributed by atoms with E-state index in [0.29, 0.717) is 17.5 Å². The van der Waals surface area contributed by atoms with E-state index in [1.165, 1.54) is 34.2 Å². The van der Waals surface area contributed by atoms with Crippen molar-refractivity contribution in [2.24, 2.45) is 0 Å². The second-order valence-electron chi connectivity index (χ2n) is 12.0. The van der Waals surface area contributed by atoms with Crippen LogP contribution in [0.25, 0.3) is 16.6 Å². The highest BCUT2D eigenvalue weighted by Gasteiger charge is 2.31. The Morgan fingerprint density at radius 2 is 1.58 bits per heavy atom. The molecule has 0 saturated carbocycles. The number of ether oxygens (including phenoxy) is 1. The van der Waals surface area contributed by atoms with E-state index in [2.05, 4.69) is 10.3 Å². The molecule has 1 amide bonds. The van der Waals surface area contributed by atoms with Gasteiger partial charge in [0.2, 0.25) is 15.9 Å². The van der Waals surface area contributed by atoms with Crippen molar-refractivity contribution in [3.05, 3.63) is 134 Å². The van der Waals surface area contributed by atoms with E-state index < -0.39 is 49.9 Å². The first-order valence-corrected chi connectivity index (χ1v) is 17.3. The van der Waals surface area contributed by atoms with Gasteiger partial charge in [-0.1, -0.05) is 0 Å². The molecule has 1 atom stereocenters. The van der Waals surface area contributed by atoms with Crippen molar-refractivity contribution in [1.82, 2.24) is 24.1 Å². The molecule has 1 aromatic heterocycles. The molecule has 270 valence electrons. The highest BCUT2D eigenvalue weighted by atomic mass is 32.2. The van der Waals surface area contributed by atoms with Crippen LogP contribution in [0.5, 0.6) is 5.75 Å². The number of amides is 1. The molecular formula is C35H31F3N6O7S. The third-order valence-corrected chi connectivity index (χ3v) is 10.5. The van der Waals surface area contributed by atoms with E-state index in [1.54, 1.807) is 29.2 Å². The summed E-state index contributed by atoms with van der Waals surface area (Å²) in [5.41, 5.74) is -0.361. The van der Waals surface area contributed by atoms with Crippen LogP contribution in [0, 0.1) is 27.6 Å². The number of nitrogens with one attached hydrogen (secondary N) is 1. The quantitative estimate of drug-likeness (QED) is 0.156. The monoisotopic (exact) mass is 736 g/mol. The van der Waals surface area contributed by atoms with Gasteiger partial charge in [0.25, 0.3) is 11.2 Å². The van der Waals surface area contributed by atoms with E-state index in [9.17, 15) is 41.3 Å². The normalized spacial score (nSPS) is 14.6. The Morgan fingerprint density at radius 1 is 0.923 bits per heavy atom. The van der Waals surface area contributed by atoms with Crippen LogP contribution >= 0.6 is 0 Å². The molecule has 0 aliphatic carbocycles. The topological polar surface area (TPSA) is 157 Å². The largest absolute Gasteiger partial charge is 0.497 e. The zero-order valence-electron chi connectivity index (χ0n) is 27.5. The number of sulfonamides is 1. The number of hydrogen-bond acceptors (Lipinski definition) is 9. The van der Waals surface area contributed by atoms with Gasteiger partial charge in [-0.25, -0.2) is 26.6 Å². The molecule has 0 unspecified atom stereocenters. The highest BCUT2D eigenvalue weighted by Crippen LogP contribution is 2.25. The third kappa shape index (κ3) is 7.80. The number of hydrogen-bond donors (Lipinski definition) is 1. The van der Waals surface area contributed by atoms with Gasteiger partial charge in [0, 0.05) is 56.9 Å². The number of non-ortho nitro benzene ring substituents is 1. The number of carbonyl (C=O) groups excluding carboxylic acids is 1. The van der Waals surface area contributed by atoms with Gasteiger partial charge in [-0.3, -0.25) is 29.2 Å². The number of methoxy groups -OCH3 is 1. The summed E-state index contributed by atoms with van der Waals surface area (Å²) in [6.45, 7) is 0.141. The zero-order valence-corrected chi connectivity index (χ0v) is 28.4. The van der Waals surface area contributed by atoms with Crippen molar-refractivity contribution in [2.75, 3.05) is 39.8 Å². The molecule has 1 saturated heterocycles. The number of nitro groups is 1. The Kier molecular flexibility index (Phi) is 10.4. The minimum absolute atomic E-state index is 0.000198. The molecule has 0 bridgehead atoms. The lowest BCUT2D eigenvalue weighted by Gasteiger charge is -2.34. The lowest BCUT2D eigenvalue weighted by atomic mass is 10.0. The summed E-state index contributed by atoms with van der Waals surface area (Å²) in [5, 5.41) is 13.9. The van der Waals surface area contributed by atoms with Gasteiger partial charge in [-0.15, -0.1) is 0 Å². The standard InChI is InChI=1S/C35H31F3N6O7S/c1-51-28-7-3-26(4-8-28)43-34(40-31-20-23(36)2-11-30(31)35(43)46)32(18-22-16-24(37)19-25(38)17-22)39-33(45)21-41-12-14-42(15-13-41)52(49,50)29-9-5-27(6-10-29)44(47)48/h2-11,16-17,19-20,32H,12-15,18,21H2,1H3,(H,39,45)/t32-/m0/s1. The zero-order chi connectivity index (χ0) is 37.2. The first-order chi connectivity index (χ1) is 24.8. The summed E-state index contributed by atoms with van der Waals surface area (Å²) in [5.74, 6) is -2.48. The van der Waals surface area contributed by atoms with Crippen molar-refractivity contribution in [2.45, 2.75) is 17.4 Å². The van der Waals surface area contributed by atoms with Crippen LogP contribution in [0.2, 0.25) is 0 Å². The second kappa shape index (κ2) is 14.9. The van der Waals surface area contributed by atoms with Crippen LogP contribution in [0.3, 0.4) is 0 Å². The van der Waals surface area contributed by atoms with Crippen molar-refractivity contribution >= 4 is 32.5 Å². The maximum absolute atomic E-state index is 14.4. The molecule has 5 aromatic rings. The summed E-state index contributed by atoms with van der Waals surface area (Å²) in [7, 11) is -2.49. The van der Waals surface area contributed by atoms with Gasteiger partial charge in [0.05, 0.1) is 46.1 Å². The van der Waals surface area contributed by atoms with Crippen molar-refractivity contribution < 1.29 is 36.0 Å². The van der Waals surface area contributed by atoms with Crippen LogP contribution in [-0.4, -0.2) is 77.8 Å². The molecule has 6 rings (SSSR count). The summed E-state index contributed by atoms with van der Waals surface area (Å²) in [6, 6.07) is 16.1. The molecule has 1 fully saturated rings. The van der Waals surface area contributed by atoms with Crippen LogP contribution in [0.1, 0.15) is 17.4 Å². The molecular weight excluding hydrogens is 705 g/mol. The molecule has 4 aromatic carbocycles. The highest BCUT2D eigenvalue weighted by molar-refractivity contribution is 7.89. The molecule has 1 aliphatic heterocycles. The number of piperazine rings is 1. The maximum atomic E-state index is 14.4. The number of halogens is 3. The van der Waals surface area contributed by atoms with Crippen molar-refractivity contribution in [3.63, 3.8) is 0 Å². The van der Waals surface area contributed by atoms with E-state index in [0.717, 1.165) is 36.4 Å². The fraction of sp³-hybridized carbons (Fsp3) is 0.229. The van der Waals surface area contributed by atoms with Gasteiger partial charge < -0.3 is 10.1 Å². The third-order valence-electron chi connectivity index (χ3n) is 8.58. The first kappa shape index (κ1) is 36.2. The van der Waals surface area contributed by atoms with Gasteiger partial charge in [0.1, 0.15) is 29.0 Å².